The third kappa shape index (κ3) is 4.73. The van der Waals surface area contributed by atoms with Crippen LogP contribution in [0, 0.1) is 6.92 Å². The lowest BCUT2D eigenvalue weighted by atomic mass is 10.1. The van der Waals surface area contributed by atoms with E-state index in [2.05, 4.69) is 20.8 Å². The fraction of sp³-hybridized carbons (Fsp3) is 0.190. The van der Waals surface area contributed by atoms with Crippen molar-refractivity contribution < 1.29 is 18.7 Å². The van der Waals surface area contributed by atoms with Crippen LogP contribution in [0.4, 0.5) is 5.00 Å². The van der Waals surface area contributed by atoms with E-state index in [0.717, 1.165) is 11.3 Å². The molecule has 164 valence electrons. The molecule has 0 fully saturated rings. The quantitative estimate of drug-likeness (QED) is 0.302. The maximum Gasteiger partial charge on any atom is 0.341 e. The monoisotopic (exact) mass is 469 g/mol. The van der Waals surface area contributed by atoms with Gasteiger partial charge in [0.2, 0.25) is 11.1 Å². The van der Waals surface area contributed by atoms with Crippen LogP contribution in [0.15, 0.2) is 57.6 Å². The molecule has 0 aliphatic carbocycles. The van der Waals surface area contributed by atoms with Crippen LogP contribution in [0.1, 0.15) is 22.8 Å². The van der Waals surface area contributed by atoms with Crippen molar-refractivity contribution in [2.75, 3.05) is 17.7 Å². The van der Waals surface area contributed by atoms with Gasteiger partial charge >= 0.3 is 5.97 Å². The third-order valence-corrected chi connectivity index (χ3v) is 6.14. The molecule has 4 aromatic rings. The number of esters is 1. The molecule has 11 heteroatoms. The summed E-state index contributed by atoms with van der Waals surface area (Å²) in [6.07, 6.45) is 1.52. The number of hydrogen-bond donors (Lipinski definition) is 1. The van der Waals surface area contributed by atoms with E-state index in [1.165, 1.54) is 29.4 Å². The van der Waals surface area contributed by atoms with Gasteiger partial charge < -0.3 is 14.5 Å². The van der Waals surface area contributed by atoms with Crippen molar-refractivity contribution in [3.8, 4) is 17.0 Å². The Kier molecular flexibility index (Phi) is 6.66. The number of aryl methyl sites for hydroxylation is 1. The van der Waals surface area contributed by atoms with Gasteiger partial charge in [-0.25, -0.2) is 4.79 Å². The summed E-state index contributed by atoms with van der Waals surface area (Å²) in [5.74, 6) is -0.238. The number of carbonyl (C=O) groups excluding carboxylic acids is 2. The first-order chi connectivity index (χ1) is 15.6. The highest BCUT2D eigenvalue weighted by molar-refractivity contribution is 7.99. The van der Waals surface area contributed by atoms with E-state index >= 15 is 0 Å². The maximum absolute atomic E-state index is 12.7. The summed E-state index contributed by atoms with van der Waals surface area (Å²) in [5.41, 5.74) is 2.73. The minimum atomic E-state index is -0.522. The zero-order valence-electron chi connectivity index (χ0n) is 17.3. The summed E-state index contributed by atoms with van der Waals surface area (Å²) < 4.78 is 12.2. The molecule has 0 radical (unpaired) electrons. The molecular formula is C21H19N5O4S2. The standard InChI is InChI=1S/C21H19N5O4S2/c1-3-29-20(28)18-15(16-8-5-9-30-16)11-31-19(18)22-17(27)12-32-21-23-24-25-26(21)14-7-4-6-13(2)10-14/h4-11H,3,12H2,1-2H3,(H,22,27). The van der Waals surface area contributed by atoms with E-state index in [4.69, 9.17) is 9.15 Å². The zero-order chi connectivity index (χ0) is 22.5. The number of ether oxygens (including phenoxy) is 1. The normalized spacial score (nSPS) is 10.8. The summed E-state index contributed by atoms with van der Waals surface area (Å²) in [5, 5.41) is 17.2. The van der Waals surface area contributed by atoms with Crippen molar-refractivity contribution in [3.63, 3.8) is 0 Å². The van der Waals surface area contributed by atoms with Crippen molar-refractivity contribution in [1.29, 1.82) is 0 Å². The highest BCUT2D eigenvalue weighted by atomic mass is 32.2. The fourth-order valence-corrected chi connectivity index (χ4v) is 4.60. The molecule has 1 aromatic carbocycles. The zero-order valence-corrected chi connectivity index (χ0v) is 18.9. The second-order valence-corrected chi connectivity index (χ2v) is 8.42. The van der Waals surface area contributed by atoms with Crippen LogP contribution in [-0.2, 0) is 9.53 Å². The number of nitrogens with zero attached hydrogens (tertiary/aromatic N) is 4. The number of amides is 1. The van der Waals surface area contributed by atoms with Crippen LogP contribution in [-0.4, -0.2) is 44.4 Å². The van der Waals surface area contributed by atoms with Crippen LogP contribution in [0.3, 0.4) is 0 Å². The molecule has 0 saturated heterocycles. The van der Waals surface area contributed by atoms with E-state index < -0.39 is 5.97 Å². The van der Waals surface area contributed by atoms with Crippen molar-refractivity contribution in [2.24, 2.45) is 0 Å². The highest BCUT2D eigenvalue weighted by Gasteiger charge is 2.24. The van der Waals surface area contributed by atoms with Gasteiger partial charge in [0.05, 0.1) is 24.3 Å². The molecule has 1 amide bonds. The van der Waals surface area contributed by atoms with Gasteiger partial charge in [0.15, 0.2) is 0 Å². The molecule has 3 aromatic heterocycles. The lowest BCUT2D eigenvalue weighted by molar-refractivity contribution is -0.113. The number of furan rings is 1. The Bertz CT molecular complexity index is 1230. The molecular weight excluding hydrogens is 450 g/mol. The first-order valence-corrected chi connectivity index (χ1v) is 11.5. The summed E-state index contributed by atoms with van der Waals surface area (Å²) in [6.45, 7) is 3.93. The van der Waals surface area contributed by atoms with E-state index in [1.54, 1.807) is 29.1 Å². The SMILES string of the molecule is CCOC(=O)c1c(-c2ccco2)csc1NC(=O)CSc1nnnn1-c1cccc(C)c1. The predicted molar refractivity (Wildman–Crippen MR) is 121 cm³/mol. The van der Waals surface area contributed by atoms with E-state index in [9.17, 15) is 9.59 Å². The van der Waals surface area contributed by atoms with Gasteiger partial charge in [-0.05, 0) is 54.1 Å². The van der Waals surface area contributed by atoms with Crippen molar-refractivity contribution in [2.45, 2.75) is 19.0 Å². The second-order valence-electron chi connectivity index (χ2n) is 6.60. The molecule has 0 bridgehead atoms. The van der Waals surface area contributed by atoms with Gasteiger partial charge in [-0.3, -0.25) is 4.79 Å². The van der Waals surface area contributed by atoms with Crippen LogP contribution < -0.4 is 5.32 Å². The Labute approximate surface area is 191 Å². The van der Waals surface area contributed by atoms with Crippen molar-refractivity contribution in [1.82, 2.24) is 20.2 Å². The highest BCUT2D eigenvalue weighted by Crippen LogP contribution is 2.36. The Balaban J connectivity index is 1.49. The molecule has 3 heterocycles. The van der Waals surface area contributed by atoms with Gasteiger partial charge in [-0.15, -0.1) is 16.4 Å². The van der Waals surface area contributed by atoms with Crippen LogP contribution in [0.25, 0.3) is 17.0 Å². The van der Waals surface area contributed by atoms with Crippen LogP contribution in [0.5, 0.6) is 0 Å². The minimum absolute atomic E-state index is 0.0580. The number of carbonyl (C=O) groups is 2. The average molecular weight is 470 g/mol. The molecule has 0 aliphatic rings. The van der Waals surface area contributed by atoms with E-state index in [1.807, 2.05) is 31.2 Å². The van der Waals surface area contributed by atoms with Gasteiger partial charge in [0.1, 0.15) is 16.3 Å². The average Bonchev–Trinajstić information content (AvgIpc) is 3.52. The number of rotatable bonds is 8. The number of nitrogens with one attached hydrogen (secondary N) is 1. The largest absolute Gasteiger partial charge is 0.464 e. The van der Waals surface area contributed by atoms with Gasteiger partial charge in [-0.2, -0.15) is 4.68 Å². The van der Waals surface area contributed by atoms with Crippen molar-refractivity contribution in [3.05, 3.63) is 59.2 Å². The molecule has 0 unspecified atom stereocenters. The van der Waals surface area contributed by atoms with Crippen molar-refractivity contribution >= 4 is 40.0 Å². The Hall–Kier alpha value is -3.44. The summed E-state index contributed by atoms with van der Waals surface area (Å²) in [4.78, 5) is 25.2. The Morgan fingerprint density at radius 2 is 2.16 bits per heavy atom. The lowest BCUT2D eigenvalue weighted by Gasteiger charge is -2.08. The minimum Gasteiger partial charge on any atom is -0.464 e. The number of tetrazole rings is 1. The fourth-order valence-electron chi connectivity index (χ4n) is 2.95. The van der Waals surface area contributed by atoms with Gasteiger partial charge in [-0.1, -0.05) is 23.9 Å². The van der Waals surface area contributed by atoms with Crippen LogP contribution >= 0.6 is 23.1 Å². The Morgan fingerprint density at radius 3 is 2.91 bits per heavy atom. The molecule has 32 heavy (non-hydrogen) atoms. The molecule has 0 spiro atoms. The summed E-state index contributed by atoms with van der Waals surface area (Å²) in [7, 11) is 0. The van der Waals surface area contributed by atoms with Gasteiger partial charge in [0, 0.05) is 10.9 Å². The second kappa shape index (κ2) is 9.79. The molecule has 1 N–H and O–H groups in total. The lowest BCUT2D eigenvalue weighted by Crippen LogP contribution is -2.16. The molecule has 0 saturated carbocycles. The number of hydrogen-bond acceptors (Lipinski definition) is 9. The Morgan fingerprint density at radius 1 is 1.28 bits per heavy atom. The molecule has 0 aliphatic heterocycles. The summed E-state index contributed by atoms with van der Waals surface area (Å²) in [6, 6.07) is 11.2. The third-order valence-electron chi connectivity index (χ3n) is 4.33. The van der Waals surface area contributed by atoms with Gasteiger partial charge in [0.25, 0.3) is 0 Å². The van der Waals surface area contributed by atoms with E-state index in [0.29, 0.717) is 21.5 Å². The number of anilines is 1. The predicted octanol–water partition coefficient (Wildman–Crippen LogP) is 4.20. The molecule has 4 rings (SSSR count). The smallest absolute Gasteiger partial charge is 0.341 e. The summed E-state index contributed by atoms with van der Waals surface area (Å²) >= 11 is 2.43. The first kappa shape index (κ1) is 21.8. The van der Waals surface area contributed by atoms with E-state index in [-0.39, 0.29) is 23.8 Å². The molecule has 9 nitrogen and oxygen atoms in total. The number of aromatic nitrogens is 4. The number of thioether (sulfide) groups is 1. The number of benzene rings is 1. The van der Waals surface area contributed by atoms with Crippen LogP contribution in [0.2, 0.25) is 0 Å². The maximum atomic E-state index is 12.7. The number of thiophene rings is 1. The molecule has 0 atom stereocenters. The topological polar surface area (TPSA) is 112 Å². The first-order valence-electron chi connectivity index (χ1n) is 9.67.